The van der Waals surface area contributed by atoms with Gasteiger partial charge in [0.2, 0.25) is 5.91 Å². The Morgan fingerprint density at radius 1 is 1.48 bits per heavy atom. The van der Waals surface area contributed by atoms with Crippen LogP contribution in [0.25, 0.3) is 0 Å². The van der Waals surface area contributed by atoms with Crippen LogP contribution in [-0.4, -0.2) is 51.6 Å². The SMILES string of the molecule is CCC(C)C1C(=O)Nc2ccc(F)cc2CN1C(=O)N1CC(C)(O)C1. The largest absolute Gasteiger partial charge is 0.386 e. The number of fused-ring (bicyclic) bond motifs is 1. The molecule has 1 saturated heterocycles. The quantitative estimate of drug-likeness (QED) is 0.860. The summed E-state index contributed by atoms with van der Waals surface area (Å²) < 4.78 is 13.7. The third-order valence-electron chi connectivity index (χ3n) is 5.03. The Morgan fingerprint density at radius 3 is 2.76 bits per heavy atom. The minimum atomic E-state index is -0.889. The summed E-state index contributed by atoms with van der Waals surface area (Å²) in [6, 6.07) is 3.23. The number of halogens is 1. The Kier molecular flexibility index (Phi) is 4.45. The first kappa shape index (κ1) is 17.7. The lowest BCUT2D eigenvalue weighted by Crippen LogP contribution is -2.66. The average molecular weight is 349 g/mol. The van der Waals surface area contributed by atoms with Gasteiger partial charge in [-0.05, 0) is 36.6 Å². The van der Waals surface area contributed by atoms with E-state index in [2.05, 4.69) is 5.32 Å². The van der Waals surface area contributed by atoms with E-state index in [4.69, 9.17) is 0 Å². The predicted molar refractivity (Wildman–Crippen MR) is 91.4 cm³/mol. The molecular weight excluding hydrogens is 325 g/mol. The maximum atomic E-state index is 13.7. The third-order valence-corrected chi connectivity index (χ3v) is 5.03. The lowest BCUT2D eigenvalue weighted by Gasteiger charge is -2.47. The number of hydrogen-bond acceptors (Lipinski definition) is 3. The normalized spacial score (nSPS) is 23.2. The molecule has 0 radical (unpaired) electrons. The highest BCUT2D eigenvalue weighted by Gasteiger charge is 2.45. The van der Waals surface area contributed by atoms with Gasteiger partial charge in [0.25, 0.3) is 0 Å². The van der Waals surface area contributed by atoms with Crippen LogP contribution in [0.1, 0.15) is 32.8 Å². The Bertz CT molecular complexity index is 699. The van der Waals surface area contributed by atoms with E-state index < -0.39 is 17.5 Å². The number of carbonyl (C=O) groups is 2. The Balaban J connectivity index is 1.95. The van der Waals surface area contributed by atoms with Crippen molar-refractivity contribution in [3.05, 3.63) is 29.6 Å². The number of hydrogen-bond donors (Lipinski definition) is 2. The molecule has 0 aliphatic carbocycles. The number of aliphatic hydroxyl groups is 1. The molecule has 2 N–H and O–H groups in total. The van der Waals surface area contributed by atoms with E-state index in [1.807, 2.05) is 13.8 Å². The van der Waals surface area contributed by atoms with Crippen molar-refractivity contribution in [2.24, 2.45) is 5.92 Å². The van der Waals surface area contributed by atoms with Crippen LogP contribution in [0.15, 0.2) is 18.2 Å². The maximum absolute atomic E-state index is 13.7. The fourth-order valence-corrected chi connectivity index (χ4v) is 3.51. The van der Waals surface area contributed by atoms with Gasteiger partial charge in [-0.1, -0.05) is 20.3 Å². The molecule has 1 aromatic carbocycles. The monoisotopic (exact) mass is 349 g/mol. The molecule has 2 aliphatic rings. The van der Waals surface area contributed by atoms with Crippen LogP contribution < -0.4 is 5.32 Å². The van der Waals surface area contributed by atoms with Gasteiger partial charge < -0.3 is 20.2 Å². The minimum Gasteiger partial charge on any atom is -0.386 e. The zero-order valence-corrected chi connectivity index (χ0v) is 14.8. The number of β-amino-alcohol motifs (C(OH)–C–C–N with tert-alkyl or cyclic N) is 1. The standard InChI is InChI=1S/C18H24FN3O3/c1-4-11(2)15-16(23)20-14-6-5-13(19)7-12(14)8-22(15)17(24)21-9-18(3,25)10-21/h5-7,11,15,25H,4,8-10H2,1-3H3,(H,20,23). The highest BCUT2D eigenvalue weighted by atomic mass is 19.1. The van der Waals surface area contributed by atoms with Crippen molar-refractivity contribution in [1.82, 2.24) is 9.80 Å². The first-order valence-corrected chi connectivity index (χ1v) is 8.59. The number of amides is 3. The van der Waals surface area contributed by atoms with Gasteiger partial charge >= 0.3 is 6.03 Å². The summed E-state index contributed by atoms with van der Waals surface area (Å²) >= 11 is 0. The second-order valence-electron chi connectivity index (χ2n) is 7.38. The molecule has 0 spiro atoms. The number of anilines is 1. The van der Waals surface area contributed by atoms with Crippen molar-refractivity contribution in [3.63, 3.8) is 0 Å². The van der Waals surface area contributed by atoms with Crippen LogP contribution in [0.4, 0.5) is 14.9 Å². The van der Waals surface area contributed by atoms with E-state index in [0.717, 1.165) is 6.42 Å². The van der Waals surface area contributed by atoms with Crippen LogP contribution in [0, 0.1) is 11.7 Å². The second kappa shape index (κ2) is 6.29. The van der Waals surface area contributed by atoms with E-state index in [1.54, 1.807) is 6.92 Å². The molecule has 2 atom stereocenters. The smallest absolute Gasteiger partial charge is 0.321 e. The number of nitrogens with one attached hydrogen (secondary N) is 1. The van der Waals surface area contributed by atoms with E-state index >= 15 is 0 Å². The molecule has 3 rings (SSSR count). The number of nitrogens with zero attached hydrogens (tertiary/aromatic N) is 2. The second-order valence-corrected chi connectivity index (χ2v) is 7.38. The molecule has 2 aliphatic heterocycles. The number of benzene rings is 1. The van der Waals surface area contributed by atoms with E-state index in [9.17, 15) is 19.1 Å². The molecule has 1 fully saturated rings. The number of urea groups is 1. The van der Waals surface area contributed by atoms with Gasteiger partial charge in [-0.3, -0.25) is 4.79 Å². The highest BCUT2D eigenvalue weighted by Crippen LogP contribution is 2.30. The molecule has 0 saturated carbocycles. The van der Waals surface area contributed by atoms with Crippen molar-refractivity contribution >= 4 is 17.6 Å². The fraction of sp³-hybridized carbons (Fsp3) is 0.556. The molecule has 0 bridgehead atoms. The zero-order valence-electron chi connectivity index (χ0n) is 14.8. The van der Waals surface area contributed by atoms with Crippen LogP contribution in [-0.2, 0) is 11.3 Å². The van der Waals surface area contributed by atoms with Crippen molar-refractivity contribution in [3.8, 4) is 0 Å². The van der Waals surface area contributed by atoms with Gasteiger partial charge in [0.15, 0.2) is 0 Å². The highest BCUT2D eigenvalue weighted by molar-refractivity contribution is 5.99. The summed E-state index contributed by atoms with van der Waals surface area (Å²) in [7, 11) is 0. The van der Waals surface area contributed by atoms with Crippen molar-refractivity contribution < 1.29 is 19.1 Å². The molecule has 2 heterocycles. The average Bonchev–Trinajstić information content (AvgIpc) is 2.66. The first-order valence-electron chi connectivity index (χ1n) is 8.59. The van der Waals surface area contributed by atoms with E-state index in [1.165, 1.54) is 28.0 Å². The van der Waals surface area contributed by atoms with Gasteiger partial charge in [-0.15, -0.1) is 0 Å². The molecule has 136 valence electrons. The topological polar surface area (TPSA) is 72.9 Å². The summed E-state index contributed by atoms with van der Waals surface area (Å²) in [5.74, 6) is -0.723. The van der Waals surface area contributed by atoms with Gasteiger partial charge in [0, 0.05) is 5.69 Å². The molecule has 6 nitrogen and oxygen atoms in total. The van der Waals surface area contributed by atoms with Gasteiger partial charge in [-0.2, -0.15) is 0 Å². The van der Waals surface area contributed by atoms with Crippen molar-refractivity contribution in [2.75, 3.05) is 18.4 Å². The Hall–Kier alpha value is -2.15. The number of rotatable bonds is 2. The lowest BCUT2D eigenvalue weighted by molar-refractivity contribution is -0.123. The molecule has 25 heavy (non-hydrogen) atoms. The van der Waals surface area contributed by atoms with Crippen LogP contribution in [0.3, 0.4) is 0 Å². The van der Waals surface area contributed by atoms with Gasteiger partial charge in [0.1, 0.15) is 11.9 Å². The van der Waals surface area contributed by atoms with E-state index in [-0.39, 0.29) is 37.5 Å². The summed E-state index contributed by atoms with van der Waals surface area (Å²) in [6.07, 6.45) is 0.726. The van der Waals surface area contributed by atoms with Crippen molar-refractivity contribution in [1.29, 1.82) is 0 Å². The summed E-state index contributed by atoms with van der Waals surface area (Å²) in [6.45, 7) is 6.17. The zero-order chi connectivity index (χ0) is 18.4. The van der Waals surface area contributed by atoms with Crippen LogP contribution >= 0.6 is 0 Å². The number of likely N-dealkylation sites (tertiary alicyclic amines) is 1. The minimum absolute atomic E-state index is 0.0510. The summed E-state index contributed by atoms with van der Waals surface area (Å²) in [5, 5.41) is 12.7. The molecular formula is C18H24FN3O3. The third kappa shape index (κ3) is 3.33. The summed E-state index contributed by atoms with van der Waals surface area (Å²) in [4.78, 5) is 28.8. The first-order chi connectivity index (χ1) is 11.7. The Labute approximate surface area is 146 Å². The van der Waals surface area contributed by atoms with Crippen LogP contribution in [0.5, 0.6) is 0 Å². The molecule has 1 aromatic rings. The molecule has 2 unspecified atom stereocenters. The van der Waals surface area contributed by atoms with Gasteiger partial charge in [0.05, 0.1) is 25.2 Å². The van der Waals surface area contributed by atoms with Crippen molar-refractivity contribution in [2.45, 2.75) is 45.4 Å². The molecule has 3 amide bonds. The van der Waals surface area contributed by atoms with Crippen LogP contribution in [0.2, 0.25) is 0 Å². The van der Waals surface area contributed by atoms with Gasteiger partial charge in [-0.25, -0.2) is 9.18 Å². The lowest BCUT2D eigenvalue weighted by atomic mass is 9.95. The van der Waals surface area contributed by atoms with E-state index in [0.29, 0.717) is 11.3 Å². The maximum Gasteiger partial charge on any atom is 0.321 e. The Morgan fingerprint density at radius 2 is 2.16 bits per heavy atom. The molecule has 0 aromatic heterocycles. The fourth-order valence-electron chi connectivity index (χ4n) is 3.51. The molecule has 7 heteroatoms. The summed E-state index contributed by atoms with van der Waals surface area (Å²) in [5.41, 5.74) is 0.213. The predicted octanol–water partition coefficient (Wildman–Crippen LogP) is 2.18. The number of carbonyl (C=O) groups excluding carboxylic acids is 2.